The standard InChI is InChI=1S/C23H31N5O/c1-23(2)9-6-17-14-20(18-4-3-5-19(23)21(17)18)25-22(29)27-11-7-16(8-12-27)15-28-13-10-24-26-28/h3-5,10,13,16-17,20H,6-9,11-12,14-15H2,1-2H3,(H,25,29). The molecule has 2 aliphatic carbocycles. The molecule has 2 heterocycles. The predicted molar refractivity (Wildman–Crippen MR) is 112 cm³/mol. The highest BCUT2D eigenvalue weighted by Gasteiger charge is 2.41. The quantitative estimate of drug-likeness (QED) is 0.857. The van der Waals surface area contributed by atoms with E-state index in [1.54, 1.807) is 6.20 Å². The molecule has 0 saturated carbocycles. The number of nitrogens with one attached hydrogen (secondary N) is 1. The second-order valence-corrected chi connectivity index (χ2v) is 9.72. The normalized spacial score (nSPS) is 25.7. The van der Waals surface area contributed by atoms with Gasteiger partial charge in [0.15, 0.2) is 0 Å². The van der Waals surface area contributed by atoms with Crippen LogP contribution in [0, 0.1) is 5.92 Å². The van der Waals surface area contributed by atoms with Crippen molar-refractivity contribution in [3.8, 4) is 0 Å². The third kappa shape index (κ3) is 3.43. The van der Waals surface area contributed by atoms with Gasteiger partial charge in [0, 0.05) is 25.8 Å². The summed E-state index contributed by atoms with van der Waals surface area (Å²) in [5.41, 5.74) is 4.62. The predicted octanol–water partition coefficient (Wildman–Crippen LogP) is 4.00. The molecule has 1 aliphatic heterocycles. The molecular weight excluding hydrogens is 362 g/mol. The molecule has 29 heavy (non-hydrogen) atoms. The van der Waals surface area contributed by atoms with Crippen molar-refractivity contribution in [2.45, 2.75) is 69.9 Å². The summed E-state index contributed by atoms with van der Waals surface area (Å²) in [5.74, 6) is 1.17. The van der Waals surface area contributed by atoms with Gasteiger partial charge in [-0.1, -0.05) is 37.3 Å². The number of aromatic nitrogens is 3. The van der Waals surface area contributed by atoms with Gasteiger partial charge in [-0.2, -0.15) is 0 Å². The van der Waals surface area contributed by atoms with E-state index in [0.717, 1.165) is 38.9 Å². The Hall–Kier alpha value is -2.37. The summed E-state index contributed by atoms with van der Waals surface area (Å²) in [6.07, 6.45) is 9.20. The zero-order valence-electron chi connectivity index (χ0n) is 17.5. The maximum Gasteiger partial charge on any atom is 0.317 e. The molecular formula is C23H31N5O. The molecule has 6 nitrogen and oxygen atoms in total. The summed E-state index contributed by atoms with van der Waals surface area (Å²) in [4.78, 5) is 15.0. The van der Waals surface area contributed by atoms with Gasteiger partial charge >= 0.3 is 6.03 Å². The summed E-state index contributed by atoms with van der Waals surface area (Å²) >= 11 is 0. The monoisotopic (exact) mass is 393 g/mol. The molecule has 154 valence electrons. The number of urea groups is 1. The van der Waals surface area contributed by atoms with E-state index < -0.39 is 0 Å². The van der Waals surface area contributed by atoms with Gasteiger partial charge in [0.1, 0.15) is 0 Å². The Kier molecular flexibility index (Phi) is 4.60. The van der Waals surface area contributed by atoms with Crippen LogP contribution in [0.15, 0.2) is 30.6 Å². The first-order chi connectivity index (χ1) is 14.0. The molecule has 5 rings (SSSR count). The molecule has 1 aromatic heterocycles. The number of amides is 2. The first-order valence-electron chi connectivity index (χ1n) is 11.0. The fourth-order valence-corrected chi connectivity index (χ4v) is 5.68. The van der Waals surface area contributed by atoms with Crippen LogP contribution in [0.25, 0.3) is 0 Å². The molecule has 6 heteroatoms. The minimum absolute atomic E-state index is 0.102. The van der Waals surface area contributed by atoms with E-state index in [0.29, 0.717) is 11.8 Å². The lowest BCUT2D eigenvalue weighted by molar-refractivity contribution is 0.160. The van der Waals surface area contributed by atoms with Gasteiger partial charge in [-0.25, -0.2) is 4.79 Å². The third-order valence-electron chi connectivity index (χ3n) is 7.41. The van der Waals surface area contributed by atoms with Crippen LogP contribution in [-0.4, -0.2) is 39.0 Å². The van der Waals surface area contributed by atoms with Gasteiger partial charge in [-0.3, -0.25) is 4.68 Å². The molecule has 2 amide bonds. The zero-order valence-corrected chi connectivity index (χ0v) is 17.5. The number of hydrogen-bond donors (Lipinski definition) is 1. The Morgan fingerprint density at radius 2 is 2.07 bits per heavy atom. The molecule has 2 unspecified atom stereocenters. The SMILES string of the molecule is CC1(C)CCC2CC(NC(=O)N3CCC(Cn4ccnn4)CC3)c3cccc1c32. The maximum absolute atomic E-state index is 13.0. The van der Waals surface area contributed by atoms with Gasteiger partial charge in [0.2, 0.25) is 0 Å². The van der Waals surface area contributed by atoms with E-state index in [9.17, 15) is 4.79 Å². The van der Waals surface area contributed by atoms with Crippen molar-refractivity contribution in [3.63, 3.8) is 0 Å². The van der Waals surface area contributed by atoms with Crippen LogP contribution in [0.3, 0.4) is 0 Å². The van der Waals surface area contributed by atoms with Crippen molar-refractivity contribution < 1.29 is 4.79 Å². The van der Waals surface area contributed by atoms with Crippen LogP contribution in [0.5, 0.6) is 0 Å². The molecule has 2 atom stereocenters. The highest BCUT2D eigenvalue weighted by molar-refractivity contribution is 5.75. The van der Waals surface area contributed by atoms with E-state index in [1.807, 2.05) is 15.8 Å². The lowest BCUT2D eigenvalue weighted by Crippen LogP contribution is -2.45. The summed E-state index contributed by atoms with van der Waals surface area (Å²) in [6.45, 7) is 7.25. The highest BCUT2D eigenvalue weighted by atomic mass is 16.2. The molecule has 1 fully saturated rings. The van der Waals surface area contributed by atoms with E-state index in [-0.39, 0.29) is 17.5 Å². The second kappa shape index (κ2) is 7.15. The number of nitrogens with zero attached hydrogens (tertiary/aromatic N) is 4. The Balaban J connectivity index is 1.23. The Bertz CT molecular complexity index is 883. The van der Waals surface area contributed by atoms with Crippen LogP contribution in [-0.2, 0) is 12.0 Å². The van der Waals surface area contributed by atoms with Crippen molar-refractivity contribution in [2.24, 2.45) is 5.92 Å². The molecule has 1 aromatic carbocycles. The molecule has 0 radical (unpaired) electrons. The number of likely N-dealkylation sites (tertiary alicyclic amines) is 1. The van der Waals surface area contributed by atoms with Crippen molar-refractivity contribution in [2.75, 3.05) is 13.1 Å². The van der Waals surface area contributed by atoms with E-state index in [1.165, 1.54) is 29.5 Å². The summed E-state index contributed by atoms with van der Waals surface area (Å²) in [6, 6.07) is 6.97. The molecule has 0 bridgehead atoms. The molecule has 2 aromatic rings. The molecule has 1 N–H and O–H groups in total. The number of hydrogen-bond acceptors (Lipinski definition) is 3. The van der Waals surface area contributed by atoms with E-state index in [2.05, 4.69) is 47.7 Å². The lowest BCUT2D eigenvalue weighted by Gasteiger charge is -2.35. The van der Waals surface area contributed by atoms with Gasteiger partial charge in [0.05, 0.1) is 12.2 Å². The van der Waals surface area contributed by atoms with Crippen LogP contribution >= 0.6 is 0 Å². The molecule has 0 spiro atoms. The Labute approximate surface area is 172 Å². The van der Waals surface area contributed by atoms with Gasteiger partial charge in [0.25, 0.3) is 0 Å². The topological polar surface area (TPSA) is 63.1 Å². The number of carbonyl (C=O) groups is 1. The smallest absolute Gasteiger partial charge is 0.317 e. The van der Waals surface area contributed by atoms with E-state index in [4.69, 9.17) is 0 Å². The first-order valence-corrected chi connectivity index (χ1v) is 11.0. The Morgan fingerprint density at radius 3 is 2.83 bits per heavy atom. The van der Waals surface area contributed by atoms with Gasteiger partial charge in [-0.15, -0.1) is 5.10 Å². The molecule has 1 saturated heterocycles. The largest absolute Gasteiger partial charge is 0.331 e. The number of rotatable bonds is 3. The minimum atomic E-state index is 0.102. The number of benzene rings is 1. The average molecular weight is 394 g/mol. The zero-order chi connectivity index (χ0) is 20.0. The highest BCUT2D eigenvalue weighted by Crippen LogP contribution is 2.52. The van der Waals surface area contributed by atoms with Crippen LogP contribution < -0.4 is 5.32 Å². The maximum atomic E-state index is 13.0. The fourth-order valence-electron chi connectivity index (χ4n) is 5.68. The minimum Gasteiger partial charge on any atom is -0.331 e. The van der Waals surface area contributed by atoms with Crippen molar-refractivity contribution >= 4 is 6.03 Å². The third-order valence-corrected chi connectivity index (χ3v) is 7.41. The first kappa shape index (κ1) is 18.6. The van der Waals surface area contributed by atoms with Gasteiger partial charge < -0.3 is 10.2 Å². The summed E-state index contributed by atoms with van der Waals surface area (Å²) < 4.78 is 1.90. The lowest BCUT2D eigenvalue weighted by atomic mass is 9.69. The average Bonchev–Trinajstić information content (AvgIpc) is 3.34. The van der Waals surface area contributed by atoms with Crippen LogP contribution in [0.4, 0.5) is 4.79 Å². The fraction of sp³-hybridized carbons (Fsp3) is 0.609. The van der Waals surface area contributed by atoms with Crippen molar-refractivity contribution in [3.05, 3.63) is 47.3 Å². The number of piperidine rings is 1. The van der Waals surface area contributed by atoms with E-state index >= 15 is 0 Å². The summed E-state index contributed by atoms with van der Waals surface area (Å²) in [5, 5.41) is 11.3. The summed E-state index contributed by atoms with van der Waals surface area (Å²) in [7, 11) is 0. The Morgan fingerprint density at radius 1 is 1.24 bits per heavy atom. The van der Waals surface area contributed by atoms with Crippen LogP contribution in [0.2, 0.25) is 0 Å². The molecule has 3 aliphatic rings. The second-order valence-electron chi connectivity index (χ2n) is 9.72. The van der Waals surface area contributed by atoms with Crippen molar-refractivity contribution in [1.29, 1.82) is 0 Å². The number of carbonyl (C=O) groups excluding carboxylic acids is 1. The van der Waals surface area contributed by atoms with Crippen molar-refractivity contribution in [1.82, 2.24) is 25.2 Å². The van der Waals surface area contributed by atoms with Crippen LogP contribution in [0.1, 0.15) is 74.6 Å². The van der Waals surface area contributed by atoms with Gasteiger partial charge in [-0.05, 0) is 66.0 Å².